The van der Waals surface area contributed by atoms with Crippen LogP contribution in [-0.2, 0) is 0 Å². The lowest BCUT2D eigenvalue weighted by atomic mass is 10.0. The Morgan fingerprint density at radius 2 is 1.93 bits per heavy atom. The van der Waals surface area contributed by atoms with Gasteiger partial charge in [0.1, 0.15) is 0 Å². The molecule has 0 aliphatic rings. The maximum absolute atomic E-state index is 12.9. The SMILES string of the molecule is CC(C)c1c(C(=O)NC(C)c2ccc(Cl)cc2Cl)cnn1-c1ccccn1. The van der Waals surface area contributed by atoms with Crippen molar-refractivity contribution in [3.63, 3.8) is 0 Å². The molecule has 7 heteroatoms. The van der Waals surface area contributed by atoms with Gasteiger partial charge in [-0.05, 0) is 42.7 Å². The summed E-state index contributed by atoms with van der Waals surface area (Å²) in [6.45, 7) is 5.92. The zero-order valence-corrected chi connectivity index (χ0v) is 16.8. The second-order valence-electron chi connectivity index (χ2n) is 6.56. The largest absolute Gasteiger partial charge is 0.345 e. The second kappa shape index (κ2) is 8.11. The molecule has 3 rings (SSSR count). The van der Waals surface area contributed by atoms with Crippen LogP contribution in [0.3, 0.4) is 0 Å². The molecule has 0 saturated carbocycles. The molecule has 1 aromatic carbocycles. The van der Waals surface area contributed by atoms with Gasteiger partial charge in [0.25, 0.3) is 5.91 Å². The zero-order chi connectivity index (χ0) is 19.6. The van der Waals surface area contributed by atoms with Gasteiger partial charge in [-0.3, -0.25) is 4.79 Å². The van der Waals surface area contributed by atoms with Crippen molar-refractivity contribution in [2.75, 3.05) is 0 Å². The number of carbonyl (C=O) groups is 1. The molecule has 0 bridgehead atoms. The third-order valence-electron chi connectivity index (χ3n) is 4.24. The number of hydrogen-bond donors (Lipinski definition) is 1. The van der Waals surface area contributed by atoms with Crippen LogP contribution in [0, 0.1) is 0 Å². The molecular formula is C20H20Cl2N4O. The maximum Gasteiger partial charge on any atom is 0.255 e. The number of halogens is 2. The van der Waals surface area contributed by atoms with Crippen LogP contribution in [0.1, 0.15) is 54.3 Å². The molecule has 2 aromatic heterocycles. The summed E-state index contributed by atoms with van der Waals surface area (Å²) in [5.74, 6) is 0.554. The predicted octanol–water partition coefficient (Wildman–Crippen LogP) is 5.19. The third kappa shape index (κ3) is 4.15. The highest BCUT2D eigenvalue weighted by Crippen LogP contribution is 2.27. The molecule has 3 aromatic rings. The van der Waals surface area contributed by atoms with Crippen molar-refractivity contribution >= 4 is 29.1 Å². The van der Waals surface area contributed by atoms with E-state index in [1.807, 2.05) is 45.0 Å². The molecule has 27 heavy (non-hydrogen) atoms. The summed E-state index contributed by atoms with van der Waals surface area (Å²) >= 11 is 12.2. The number of benzene rings is 1. The number of aromatic nitrogens is 3. The van der Waals surface area contributed by atoms with Gasteiger partial charge >= 0.3 is 0 Å². The van der Waals surface area contributed by atoms with E-state index in [-0.39, 0.29) is 17.9 Å². The molecule has 1 unspecified atom stereocenters. The second-order valence-corrected chi connectivity index (χ2v) is 7.40. The van der Waals surface area contributed by atoms with E-state index in [1.165, 1.54) is 0 Å². The number of rotatable bonds is 5. The summed E-state index contributed by atoms with van der Waals surface area (Å²) in [5.41, 5.74) is 2.13. The van der Waals surface area contributed by atoms with E-state index in [0.717, 1.165) is 11.3 Å². The predicted molar refractivity (Wildman–Crippen MR) is 108 cm³/mol. The number of nitrogens with zero attached hydrogens (tertiary/aromatic N) is 3. The van der Waals surface area contributed by atoms with Gasteiger partial charge < -0.3 is 5.32 Å². The Balaban J connectivity index is 1.90. The highest BCUT2D eigenvalue weighted by atomic mass is 35.5. The smallest absolute Gasteiger partial charge is 0.255 e. The monoisotopic (exact) mass is 402 g/mol. The van der Waals surface area contributed by atoms with Crippen molar-refractivity contribution < 1.29 is 4.79 Å². The quantitative estimate of drug-likeness (QED) is 0.638. The summed E-state index contributed by atoms with van der Waals surface area (Å²) in [5, 5.41) is 8.45. The molecule has 5 nitrogen and oxygen atoms in total. The fourth-order valence-corrected chi connectivity index (χ4v) is 3.53. The summed E-state index contributed by atoms with van der Waals surface area (Å²) in [7, 11) is 0. The number of amides is 1. The Morgan fingerprint density at radius 1 is 1.15 bits per heavy atom. The molecule has 0 saturated heterocycles. The average Bonchev–Trinajstić information content (AvgIpc) is 3.07. The van der Waals surface area contributed by atoms with Crippen molar-refractivity contribution in [1.29, 1.82) is 0 Å². The van der Waals surface area contributed by atoms with Crippen LogP contribution in [0.25, 0.3) is 5.82 Å². The number of pyridine rings is 1. The van der Waals surface area contributed by atoms with Gasteiger partial charge in [0.2, 0.25) is 0 Å². The molecule has 1 atom stereocenters. The minimum atomic E-state index is -0.277. The molecule has 1 N–H and O–H groups in total. The van der Waals surface area contributed by atoms with Gasteiger partial charge in [-0.25, -0.2) is 9.67 Å². The normalized spacial score (nSPS) is 12.2. The van der Waals surface area contributed by atoms with Gasteiger partial charge in [0.15, 0.2) is 5.82 Å². The first-order valence-electron chi connectivity index (χ1n) is 8.63. The van der Waals surface area contributed by atoms with Crippen LogP contribution in [0.5, 0.6) is 0 Å². The molecule has 0 aliphatic carbocycles. The number of nitrogens with one attached hydrogen (secondary N) is 1. The van der Waals surface area contributed by atoms with Crippen LogP contribution in [0.15, 0.2) is 48.8 Å². The van der Waals surface area contributed by atoms with Crippen molar-refractivity contribution in [3.8, 4) is 5.82 Å². The Bertz CT molecular complexity index is 954. The number of hydrogen-bond acceptors (Lipinski definition) is 3. The first-order valence-corrected chi connectivity index (χ1v) is 9.39. The van der Waals surface area contributed by atoms with E-state index in [1.54, 1.807) is 29.2 Å². The van der Waals surface area contributed by atoms with Gasteiger partial charge in [0.05, 0.1) is 23.5 Å². The van der Waals surface area contributed by atoms with E-state index in [2.05, 4.69) is 15.4 Å². The first kappa shape index (κ1) is 19.4. The fourth-order valence-electron chi connectivity index (χ4n) is 2.95. The highest BCUT2D eigenvalue weighted by molar-refractivity contribution is 6.35. The minimum absolute atomic E-state index is 0.0877. The lowest BCUT2D eigenvalue weighted by molar-refractivity contribution is 0.0938. The summed E-state index contributed by atoms with van der Waals surface area (Å²) < 4.78 is 1.71. The van der Waals surface area contributed by atoms with Crippen molar-refractivity contribution in [1.82, 2.24) is 20.1 Å². The molecule has 140 valence electrons. The minimum Gasteiger partial charge on any atom is -0.345 e. The summed E-state index contributed by atoms with van der Waals surface area (Å²) in [4.78, 5) is 17.3. The first-order chi connectivity index (χ1) is 12.9. The van der Waals surface area contributed by atoms with E-state index in [9.17, 15) is 4.79 Å². The lowest BCUT2D eigenvalue weighted by Gasteiger charge is -2.17. The van der Waals surface area contributed by atoms with E-state index in [4.69, 9.17) is 23.2 Å². The molecule has 2 heterocycles. The molecule has 1 amide bonds. The van der Waals surface area contributed by atoms with Crippen LogP contribution in [0.2, 0.25) is 10.0 Å². The Labute approximate surface area is 168 Å². The van der Waals surface area contributed by atoms with Crippen LogP contribution in [0.4, 0.5) is 0 Å². The van der Waals surface area contributed by atoms with E-state index in [0.29, 0.717) is 21.4 Å². The standard InChI is InChI=1S/C20H20Cl2N4O/c1-12(2)19-16(11-24-26(19)18-6-4-5-9-23-18)20(27)25-13(3)15-8-7-14(21)10-17(15)22/h4-13H,1-3H3,(H,25,27). The van der Waals surface area contributed by atoms with Gasteiger partial charge in [-0.15, -0.1) is 0 Å². The molecule has 0 fully saturated rings. The van der Waals surface area contributed by atoms with Gasteiger partial charge in [0, 0.05) is 16.2 Å². The van der Waals surface area contributed by atoms with E-state index < -0.39 is 0 Å². The molecule has 0 aliphatic heterocycles. The van der Waals surface area contributed by atoms with Crippen molar-refractivity contribution in [2.45, 2.75) is 32.7 Å². The van der Waals surface area contributed by atoms with Crippen LogP contribution >= 0.6 is 23.2 Å². The molecular weight excluding hydrogens is 383 g/mol. The van der Waals surface area contributed by atoms with Crippen LogP contribution < -0.4 is 5.32 Å². The maximum atomic E-state index is 12.9. The zero-order valence-electron chi connectivity index (χ0n) is 15.3. The molecule has 0 spiro atoms. The lowest BCUT2D eigenvalue weighted by Crippen LogP contribution is -2.27. The Hall–Kier alpha value is -2.37. The Morgan fingerprint density at radius 3 is 2.56 bits per heavy atom. The fraction of sp³-hybridized carbons (Fsp3) is 0.250. The van der Waals surface area contributed by atoms with Crippen LogP contribution in [-0.4, -0.2) is 20.7 Å². The Kier molecular flexibility index (Phi) is 5.82. The van der Waals surface area contributed by atoms with Gasteiger partial charge in [-0.1, -0.05) is 49.2 Å². The van der Waals surface area contributed by atoms with Crippen molar-refractivity contribution in [3.05, 3.63) is 75.7 Å². The van der Waals surface area contributed by atoms with Gasteiger partial charge in [-0.2, -0.15) is 5.10 Å². The average molecular weight is 403 g/mol. The number of carbonyl (C=O) groups excluding carboxylic acids is 1. The molecule has 0 radical (unpaired) electrons. The summed E-state index contributed by atoms with van der Waals surface area (Å²) in [6, 6.07) is 10.5. The third-order valence-corrected chi connectivity index (χ3v) is 4.80. The summed E-state index contributed by atoms with van der Waals surface area (Å²) in [6.07, 6.45) is 3.28. The van der Waals surface area contributed by atoms with E-state index >= 15 is 0 Å². The van der Waals surface area contributed by atoms with Crippen molar-refractivity contribution in [2.24, 2.45) is 0 Å². The highest BCUT2D eigenvalue weighted by Gasteiger charge is 2.23. The topological polar surface area (TPSA) is 59.8 Å².